The number of aryl methyl sites for hydroxylation is 2. The van der Waals surface area contributed by atoms with Crippen LogP contribution in [0.4, 0.5) is 5.69 Å². The third-order valence-corrected chi connectivity index (χ3v) is 4.10. The van der Waals surface area contributed by atoms with Gasteiger partial charge in [-0.3, -0.25) is 4.79 Å². The van der Waals surface area contributed by atoms with Gasteiger partial charge in [-0.1, -0.05) is 57.2 Å². The Bertz CT molecular complexity index is 436. The minimum absolute atomic E-state index is 0.0448. The van der Waals surface area contributed by atoms with Crippen molar-refractivity contribution in [2.75, 3.05) is 11.9 Å². The summed E-state index contributed by atoms with van der Waals surface area (Å²) in [5, 5.41) is 6.37. The van der Waals surface area contributed by atoms with Gasteiger partial charge in [-0.05, 0) is 44.9 Å². The van der Waals surface area contributed by atoms with Gasteiger partial charge in [0, 0.05) is 5.69 Å². The van der Waals surface area contributed by atoms with Gasteiger partial charge in [0.2, 0.25) is 5.91 Å². The molecule has 0 heterocycles. The highest BCUT2D eigenvalue weighted by Gasteiger charge is 2.13. The highest BCUT2D eigenvalue weighted by Crippen LogP contribution is 2.19. The first-order valence-electron chi connectivity index (χ1n) is 8.66. The van der Waals surface area contributed by atoms with E-state index in [4.69, 9.17) is 0 Å². The molecule has 2 N–H and O–H groups in total. The SMILES string of the molecule is CCCCCCCCNC(C)C(=O)Nc1c(C)cccc1C. The van der Waals surface area contributed by atoms with Crippen molar-refractivity contribution in [2.24, 2.45) is 0 Å². The molecule has 124 valence electrons. The molecule has 0 fully saturated rings. The second-order valence-electron chi connectivity index (χ2n) is 6.20. The number of para-hydroxylation sites is 1. The van der Waals surface area contributed by atoms with Crippen LogP contribution < -0.4 is 10.6 Å². The van der Waals surface area contributed by atoms with E-state index in [-0.39, 0.29) is 11.9 Å². The van der Waals surface area contributed by atoms with Crippen molar-refractivity contribution in [1.82, 2.24) is 5.32 Å². The predicted octanol–water partition coefficient (Wildman–Crippen LogP) is 4.58. The zero-order valence-corrected chi connectivity index (χ0v) is 14.7. The monoisotopic (exact) mass is 304 g/mol. The quantitative estimate of drug-likeness (QED) is 0.621. The van der Waals surface area contributed by atoms with Crippen LogP contribution in [0.3, 0.4) is 0 Å². The van der Waals surface area contributed by atoms with Gasteiger partial charge >= 0.3 is 0 Å². The highest BCUT2D eigenvalue weighted by atomic mass is 16.2. The Morgan fingerprint density at radius 3 is 2.27 bits per heavy atom. The Balaban J connectivity index is 2.28. The van der Waals surface area contributed by atoms with E-state index in [1.54, 1.807) is 0 Å². The molecule has 0 aromatic heterocycles. The van der Waals surface area contributed by atoms with E-state index in [1.807, 2.05) is 39.0 Å². The molecule has 0 saturated heterocycles. The first-order valence-corrected chi connectivity index (χ1v) is 8.66. The molecule has 3 nitrogen and oxygen atoms in total. The summed E-state index contributed by atoms with van der Waals surface area (Å²) in [7, 11) is 0. The van der Waals surface area contributed by atoms with E-state index in [1.165, 1.54) is 32.1 Å². The van der Waals surface area contributed by atoms with E-state index in [9.17, 15) is 4.79 Å². The number of benzene rings is 1. The van der Waals surface area contributed by atoms with Crippen LogP contribution in [-0.4, -0.2) is 18.5 Å². The lowest BCUT2D eigenvalue weighted by Gasteiger charge is -2.16. The maximum absolute atomic E-state index is 12.2. The van der Waals surface area contributed by atoms with Gasteiger partial charge in [0.05, 0.1) is 6.04 Å². The van der Waals surface area contributed by atoms with Crippen molar-refractivity contribution in [1.29, 1.82) is 0 Å². The Kier molecular flexibility index (Phi) is 8.83. The number of amides is 1. The van der Waals surface area contributed by atoms with Crippen LogP contribution in [0, 0.1) is 13.8 Å². The molecule has 1 rings (SSSR count). The first-order chi connectivity index (χ1) is 10.6. The molecule has 0 aliphatic heterocycles. The van der Waals surface area contributed by atoms with E-state index in [0.29, 0.717) is 0 Å². The van der Waals surface area contributed by atoms with Crippen molar-refractivity contribution < 1.29 is 4.79 Å². The second kappa shape index (κ2) is 10.4. The maximum atomic E-state index is 12.2. The summed E-state index contributed by atoms with van der Waals surface area (Å²) < 4.78 is 0. The van der Waals surface area contributed by atoms with Crippen LogP contribution in [-0.2, 0) is 4.79 Å². The number of anilines is 1. The molecular weight excluding hydrogens is 272 g/mol. The van der Waals surface area contributed by atoms with Crippen molar-refractivity contribution in [3.63, 3.8) is 0 Å². The normalized spacial score (nSPS) is 12.2. The minimum Gasteiger partial charge on any atom is -0.324 e. The molecule has 0 saturated carbocycles. The number of nitrogens with one attached hydrogen (secondary N) is 2. The van der Waals surface area contributed by atoms with E-state index < -0.39 is 0 Å². The molecule has 0 bridgehead atoms. The van der Waals surface area contributed by atoms with Crippen molar-refractivity contribution in [3.8, 4) is 0 Å². The minimum atomic E-state index is -0.158. The van der Waals surface area contributed by atoms with Gasteiger partial charge in [0.25, 0.3) is 0 Å². The number of hydrogen-bond donors (Lipinski definition) is 2. The molecule has 3 heteroatoms. The Hall–Kier alpha value is -1.35. The van der Waals surface area contributed by atoms with Crippen LogP contribution in [0.5, 0.6) is 0 Å². The average Bonchev–Trinajstić information content (AvgIpc) is 2.49. The third kappa shape index (κ3) is 6.61. The van der Waals surface area contributed by atoms with Crippen LogP contribution in [0.15, 0.2) is 18.2 Å². The zero-order chi connectivity index (χ0) is 16.4. The fourth-order valence-corrected chi connectivity index (χ4v) is 2.56. The van der Waals surface area contributed by atoms with Gasteiger partial charge in [0.15, 0.2) is 0 Å². The standard InChI is InChI=1S/C19H32N2O/c1-5-6-7-8-9-10-14-20-17(4)19(22)21-18-15(2)12-11-13-16(18)3/h11-13,17,20H,5-10,14H2,1-4H3,(H,21,22). The molecule has 22 heavy (non-hydrogen) atoms. The van der Waals surface area contributed by atoms with Crippen molar-refractivity contribution in [3.05, 3.63) is 29.3 Å². The van der Waals surface area contributed by atoms with Crippen LogP contribution in [0.2, 0.25) is 0 Å². The predicted molar refractivity (Wildman–Crippen MR) is 95.4 cm³/mol. The van der Waals surface area contributed by atoms with Crippen LogP contribution in [0.1, 0.15) is 63.5 Å². The summed E-state index contributed by atoms with van der Waals surface area (Å²) in [6.07, 6.45) is 7.65. The summed E-state index contributed by atoms with van der Waals surface area (Å²) >= 11 is 0. The number of carbonyl (C=O) groups excluding carboxylic acids is 1. The summed E-state index contributed by atoms with van der Waals surface area (Å²) in [6.45, 7) is 9.12. The summed E-state index contributed by atoms with van der Waals surface area (Å²) in [4.78, 5) is 12.2. The topological polar surface area (TPSA) is 41.1 Å². The molecule has 0 aliphatic carbocycles. The molecule has 1 amide bonds. The molecule has 1 unspecified atom stereocenters. The van der Waals surface area contributed by atoms with Gasteiger partial charge < -0.3 is 10.6 Å². The maximum Gasteiger partial charge on any atom is 0.241 e. The molecule has 0 aliphatic rings. The summed E-state index contributed by atoms with van der Waals surface area (Å²) in [5.74, 6) is 0.0448. The van der Waals surface area contributed by atoms with Gasteiger partial charge in [-0.2, -0.15) is 0 Å². The number of rotatable bonds is 10. The number of carbonyl (C=O) groups is 1. The molecule has 0 radical (unpaired) electrons. The Labute approximate surface area is 135 Å². The number of hydrogen-bond acceptors (Lipinski definition) is 2. The fraction of sp³-hybridized carbons (Fsp3) is 0.632. The fourth-order valence-electron chi connectivity index (χ4n) is 2.56. The van der Waals surface area contributed by atoms with E-state index in [0.717, 1.165) is 29.8 Å². The third-order valence-electron chi connectivity index (χ3n) is 4.10. The van der Waals surface area contributed by atoms with Crippen LogP contribution in [0.25, 0.3) is 0 Å². The smallest absolute Gasteiger partial charge is 0.241 e. The average molecular weight is 304 g/mol. The Morgan fingerprint density at radius 2 is 1.64 bits per heavy atom. The van der Waals surface area contributed by atoms with Gasteiger partial charge in [-0.25, -0.2) is 0 Å². The largest absolute Gasteiger partial charge is 0.324 e. The highest BCUT2D eigenvalue weighted by molar-refractivity contribution is 5.95. The van der Waals surface area contributed by atoms with Crippen molar-refractivity contribution >= 4 is 11.6 Å². The summed E-state index contributed by atoms with van der Waals surface area (Å²) in [5.41, 5.74) is 3.16. The summed E-state index contributed by atoms with van der Waals surface area (Å²) in [6, 6.07) is 5.91. The van der Waals surface area contributed by atoms with Crippen molar-refractivity contribution in [2.45, 2.75) is 72.3 Å². The Morgan fingerprint density at radius 1 is 1.05 bits per heavy atom. The number of unbranched alkanes of at least 4 members (excludes halogenated alkanes) is 5. The second-order valence-corrected chi connectivity index (χ2v) is 6.20. The van der Waals surface area contributed by atoms with Crippen LogP contribution >= 0.6 is 0 Å². The lowest BCUT2D eigenvalue weighted by molar-refractivity contribution is -0.117. The first kappa shape index (κ1) is 18.7. The molecule has 1 aromatic carbocycles. The van der Waals surface area contributed by atoms with E-state index >= 15 is 0 Å². The molecule has 0 spiro atoms. The zero-order valence-electron chi connectivity index (χ0n) is 14.7. The lowest BCUT2D eigenvalue weighted by Crippen LogP contribution is -2.38. The van der Waals surface area contributed by atoms with Gasteiger partial charge in [-0.15, -0.1) is 0 Å². The molecule has 1 aromatic rings. The molecular formula is C19H32N2O. The molecule has 1 atom stereocenters. The van der Waals surface area contributed by atoms with Gasteiger partial charge in [0.1, 0.15) is 0 Å². The lowest BCUT2D eigenvalue weighted by atomic mass is 10.1. The van der Waals surface area contributed by atoms with E-state index in [2.05, 4.69) is 17.6 Å².